The summed E-state index contributed by atoms with van der Waals surface area (Å²) in [6.45, 7) is 0. The van der Waals surface area contributed by atoms with Crippen molar-refractivity contribution < 1.29 is 9.90 Å². The van der Waals surface area contributed by atoms with Crippen molar-refractivity contribution in [3.8, 4) is 17.1 Å². The third kappa shape index (κ3) is 1.95. The maximum Gasteiger partial charge on any atom is 0.339 e. The Bertz CT molecular complexity index is 760. The molecule has 1 aromatic carbocycles. The highest BCUT2D eigenvalue weighted by Gasteiger charge is 2.19. The van der Waals surface area contributed by atoms with E-state index in [4.69, 9.17) is 5.11 Å². The SMILES string of the molecule is Cn1ncc(C(=O)O)c1-c1cn(-c2ccccc2)nn1. The van der Waals surface area contributed by atoms with Crippen molar-refractivity contribution >= 4 is 5.97 Å². The highest BCUT2D eigenvalue weighted by atomic mass is 16.4. The van der Waals surface area contributed by atoms with Crippen molar-refractivity contribution in [2.45, 2.75) is 0 Å². The van der Waals surface area contributed by atoms with Gasteiger partial charge in [-0.25, -0.2) is 9.48 Å². The smallest absolute Gasteiger partial charge is 0.339 e. The molecule has 0 unspecified atom stereocenters. The number of benzene rings is 1. The van der Waals surface area contributed by atoms with Crippen LogP contribution in [0.2, 0.25) is 0 Å². The standard InChI is InChI=1S/C13H11N5O2/c1-17-12(10(7-14-17)13(19)20)11-8-18(16-15-11)9-5-3-2-4-6-9/h2-8H,1H3,(H,19,20). The van der Waals surface area contributed by atoms with Crippen LogP contribution in [0.5, 0.6) is 0 Å². The first-order valence-corrected chi connectivity index (χ1v) is 5.90. The Morgan fingerprint density at radius 1 is 1.25 bits per heavy atom. The molecule has 2 aromatic heterocycles. The van der Waals surface area contributed by atoms with E-state index in [2.05, 4.69) is 15.4 Å². The van der Waals surface area contributed by atoms with Crippen molar-refractivity contribution in [1.29, 1.82) is 0 Å². The number of carboxylic acid groups (broad SMARTS) is 1. The van der Waals surface area contributed by atoms with Crippen molar-refractivity contribution in [3.63, 3.8) is 0 Å². The predicted molar refractivity (Wildman–Crippen MR) is 70.5 cm³/mol. The zero-order valence-corrected chi connectivity index (χ0v) is 10.6. The van der Waals surface area contributed by atoms with Crippen molar-refractivity contribution in [2.75, 3.05) is 0 Å². The van der Waals surface area contributed by atoms with Gasteiger partial charge in [-0.3, -0.25) is 4.68 Å². The molecule has 0 spiro atoms. The lowest BCUT2D eigenvalue weighted by Gasteiger charge is -1.99. The molecule has 0 saturated heterocycles. The van der Waals surface area contributed by atoms with Gasteiger partial charge in [-0.15, -0.1) is 5.10 Å². The second-order valence-electron chi connectivity index (χ2n) is 4.22. The van der Waals surface area contributed by atoms with Crippen LogP contribution in [-0.4, -0.2) is 35.9 Å². The first kappa shape index (κ1) is 12.1. The van der Waals surface area contributed by atoms with Gasteiger partial charge in [0.05, 0.1) is 18.1 Å². The monoisotopic (exact) mass is 269 g/mol. The molecule has 7 nitrogen and oxygen atoms in total. The third-order valence-electron chi connectivity index (χ3n) is 2.93. The number of para-hydroxylation sites is 1. The van der Waals surface area contributed by atoms with Crippen LogP contribution in [0.3, 0.4) is 0 Å². The first-order chi connectivity index (χ1) is 9.66. The van der Waals surface area contributed by atoms with Gasteiger partial charge in [0.2, 0.25) is 0 Å². The van der Waals surface area contributed by atoms with Crippen LogP contribution in [0.4, 0.5) is 0 Å². The summed E-state index contributed by atoms with van der Waals surface area (Å²) in [7, 11) is 1.67. The van der Waals surface area contributed by atoms with Gasteiger partial charge >= 0.3 is 5.97 Å². The topological polar surface area (TPSA) is 85.8 Å². The number of hydrogen-bond acceptors (Lipinski definition) is 4. The van der Waals surface area contributed by atoms with Gasteiger partial charge < -0.3 is 5.11 Å². The van der Waals surface area contributed by atoms with Crippen molar-refractivity contribution in [3.05, 3.63) is 48.3 Å². The number of nitrogens with zero attached hydrogens (tertiary/aromatic N) is 5. The average Bonchev–Trinajstić information content (AvgIpc) is 3.06. The summed E-state index contributed by atoms with van der Waals surface area (Å²) in [6.07, 6.45) is 2.98. The van der Waals surface area contributed by atoms with E-state index >= 15 is 0 Å². The van der Waals surface area contributed by atoms with Gasteiger partial charge in [0.15, 0.2) is 0 Å². The van der Waals surface area contributed by atoms with Gasteiger partial charge in [0.1, 0.15) is 17.0 Å². The van der Waals surface area contributed by atoms with E-state index in [0.29, 0.717) is 11.4 Å². The second kappa shape index (κ2) is 4.61. The first-order valence-electron chi connectivity index (χ1n) is 5.90. The van der Waals surface area contributed by atoms with E-state index in [1.165, 1.54) is 10.9 Å². The van der Waals surface area contributed by atoms with E-state index < -0.39 is 5.97 Å². The molecule has 2 heterocycles. The summed E-state index contributed by atoms with van der Waals surface area (Å²) in [6, 6.07) is 9.47. The van der Waals surface area contributed by atoms with Crippen molar-refractivity contribution in [2.24, 2.45) is 7.05 Å². The second-order valence-corrected chi connectivity index (χ2v) is 4.22. The Morgan fingerprint density at radius 2 is 2.00 bits per heavy atom. The van der Waals surface area contributed by atoms with Crippen LogP contribution < -0.4 is 0 Å². The normalized spacial score (nSPS) is 10.7. The third-order valence-corrected chi connectivity index (χ3v) is 2.93. The molecule has 3 aromatic rings. The largest absolute Gasteiger partial charge is 0.478 e. The van der Waals surface area contributed by atoms with Gasteiger partial charge in [0, 0.05) is 7.05 Å². The minimum absolute atomic E-state index is 0.104. The molecule has 100 valence electrons. The molecular weight excluding hydrogens is 258 g/mol. The van der Waals surface area contributed by atoms with Crippen molar-refractivity contribution in [1.82, 2.24) is 24.8 Å². The molecular formula is C13H11N5O2. The van der Waals surface area contributed by atoms with Crippen LogP contribution in [0, 0.1) is 0 Å². The summed E-state index contributed by atoms with van der Waals surface area (Å²) in [5.41, 5.74) is 1.85. The van der Waals surface area contributed by atoms with Gasteiger partial charge in [0.25, 0.3) is 0 Å². The van der Waals surface area contributed by atoms with Crippen LogP contribution >= 0.6 is 0 Å². The fraction of sp³-hybridized carbons (Fsp3) is 0.0769. The molecule has 0 aliphatic rings. The Balaban J connectivity index is 2.07. The number of aromatic nitrogens is 5. The van der Waals surface area contributed by atoms with E-state index in [9.17, 15) is 4.79 Å². The number of rotatable bonds is 3. The number of carbonyl (C=O) groups is 1. The fourth-order valence-electron chi connectivity index (χ4n) is 1.98. The van der Waals surface area contributed by atoms with Gasteiger partial charge in [-0.05, 0) is 12.1 Å². The Hall–Kier alpha value is -2.96. The Morgan fingerprint density at radius 3 is 2.70 bits per heavy atom. The molecule has 0 aliphatic heterocycles. The molecule has 0 aliphatic carbocycles. The van der Waals surface area contributed by atoms with Crippen LogP contribution in [0.1, 0.15) is 10.4 Å². The van der Waals surface area contributed by atoms with Gasteiger partial charge in [-0.1, -0.05) is 23.4 Å². The number of carboxylic acids is 1. The average molecular weight is 269 g/mol. The maximum atomic E-state index is 11.2. The van der Waals surface area contributed by atoms with Crippen LogP contribution in [0.25, 0.3) is 17.1 Å². The van der Waals surface area contributed by atoms with E-state index in [1.54, 1.807) is 17.9 Å². The molecule has 1 N–H and O–H groups in total. The molecule has 0 atom stereocenters. The zero-order chi connectivity index (χ0) is 14.1. The Labute approximate surface area is 114 Å². The highest BCUT2D eigenvalue weighted by molar-refractivity contribution is 5.94. The number of aryl methyl sites for hydroxylation is 1. The molecule has 3 rings (SSSR count). The molecule has 0 bridgehead atoms. The molecule has 7 heteroatoms. The van der Waals surface area contributed by atoms with E-state index in [1.807, 2.05) is 30.3 Å². The predicted octanol–water partition coefficient (Wildman–Crippen LogP) is 1.37. The summed E-state index contributed by atoms with van der Waals surface area (Å²) in [4.78, 5) is 11.2. The molecule has 20 heavy (non-hydrogen) atoms. The molecule has 0 fully saturated rings. The lowest BCUT2D eigenvalue weighted by atomic mass is 10.2. The molecule has 0 amide bonds. The summed E-state index contributed by atoms with van der Waals surface area (Å²) >= 11 is 0. The minimum Gasteiger partial charge on any atom is -0.478 e. The van der Waals surface area contributed by atoms with E-state index in [-0.39, 0.29) is 5.56 Å². The minimum atomic E-state index is -1.04. The van der Waals surface area contributed by atoms with Gasteiger partial charge in [-0.2, -0.15) is 5.10 Å². The summed E-state index contributed by atoms with van der Waals surface area (Å²) < 4.78 is 3.07. The van der Waals surface area contributed by atoms with E-state index in [0.717, 1.165) is 5.69 Å². The zero-order valence-electron chi connectivity index (χ0n) is 10.6. The summed E-state index contributed by atoms with van der Waals surface area (Å²) in [5.74, 6) is -1.04. The molecule has 0 saturated carbocycles. The van der Waals surface area contributed by atoms with Crippen LogP contribution in [0.15, 0.2) is 42.7 Å². The highest BCUT2D eigenvalue weighted by Crippen LogP contribution is 2.21. The molecule has 0 radical (unpaired) electrons. The Kier molecular flexibility index (Phi) is 2.79. The number of hydrogen-bond donors (Lipinski definition) is 1. The summed E-state index contributed by atoms with van der Waals surface area (Å²) in [5, 5.41) is 21.2. The fourth-order valence-corrected chi connectivity index (χ4v) is 1.98. The maximum absolute atomic E-state index is 11.2. The van der Waals surface area contributed by atoms with Crippen LogP contribution in [-0.2, 0) is 7.05 Å². The quantitative estimate of drug-likeness (QED) is 0.776. The lowest BCUT2D eigenvalue weighted by Crippen LogP contribution is -2.00. The lowest BCUT2D eigenvalue weighted by molar-refractivity contribution is 0.0697. The number of aromatic carboxylic acids is 1.